The number of likely N-dealkylation sites (N-methyl/N-ethyl adjacent to an activating group) is 1. The van der Waals surface area contributed by atoms with Crippen LogP contribution in [0.4, 0.5) is 0 Å². The zero-order valence-electron chi connectivity index (χ0n) is 11.6. The minimum absolute atomic E-state index is 0.356. The van der Waals surface area contributed by atoms with Gasteiger partial charge in [0.2, 0.25) is 0 Å². The Bertz CT molecular complexity index is 249. The van der Waals surface area contributed by atoms with Gasteiger partial charge in [-0.25, -0.2) is 0 Å². The van der Waals surface area contributed by atoms with Crippen molar-refractivity contribution in [3.63, 3.8) is 0 Å². The highest BCUT2D eigenvalue weighted by Gasteiger charge is 2.31. The van der Waals surface area contributed by atoms with Crippen LogP contribution < -0.4 is 5.32 Å². The smallest absolute Gasteiger partial charge is 0.0830 e. The van der Waals surface area contributed by atoms with Crippen LogP contribution in [0, 0.1) is 0 Å². The fourth-order valence-electron chi connectivity index (χ4n) is 2.87. The van der Waals surface area contributed by atoms with Gasteiger partial charge in [0.1, 0.15) is 0 Å². The standard InChI is InChI=1S/C13H27N3O/c1-10-7-14-8-13(17-10)9-16-6-5-15(4)11(2)12(16)3/h10-14H,5-9H2,1-4H3/t10-,11?,12?,13+/m1/s1. The van der Waals surface area contributed by atoms with Gasteiger partial charge in [-0.2, -0.15) is 0 Å². The molecule has 0 saturated carbocycles. The Balaban J connectivity index is 1.86. The molecule has 0 radical (unpaired) electrons. The van der Waals surface area contributed by atoms with E-state index in [9.17, 15) is 0 Å². The fraction of sp³-hybridized carbons (Fsp3) is 1.00. The van der Waals surface area contributed by atoms with Gasteiger partial charge >= 0.3 is 0 Å². The first-order valence-corrected chi connectivity index (χ1v) is 6.88. The second kappa shape index (κ2) is 5.65. The summed E-state index contributed by atoms with van der Waals surface area (Å²) in [7, 11) is 2.22. The van der Waals surface area contributed by atoms with E-state index in [1.165, 1.54) is 6.54 Å². The maximum Gasteiger partial charge on any atom is 0.0830 e. The van der Waals surface area contributed by atoms with Gasteiger partial charge in [-0.3, -0.25) is 4.90 Å². The minimum Gasteiger partial charge on any atom is -0.371 e. The molecule has 2 fully saturated rings. The molecule has 4 atom stereocenters. The van der Waals surface area contributed by atoms with Crippen molar-refractivity contribution in [1.29, 1.82) is 0 Å². The molecule has 0 aliphatic carbocycles. The summed E-state index contributed by atoms with van der Waals surface area (Å²) in [6.07, 6.45) is 0.714. The summed E-state index contributed by atoms with van der Waals surface area (Å²) in [6.45, 7) is 12.2. The normalized spacial score (nSPS) is 41.6. The maximum atomic E-state index is 5.98. The lowest BCUT2D eigenvalue weighted by molar-refractivity contribution is -0.0599. The van der Waals surface area contributed by atoms with E-state index in [1.54, 1.807) is 0 Å². The molecule has 0 aromatic rings. The van der Waals surface area contributed by atoms with E-state index in [-0.39, 0.29) is 0 Å². The molecule has 0 aromatic heterocycles. The van der Waals surface area contributed by atoms with Crippen LogP contribution in [0.2, 0.25) is 0 Å². The number of ether oxygens (including phenoxy) is 1. The molecule has 17 heavy (non-hydrogen) atoms. The number of morpholine rings is 1. The van der Waals surface area contributed by atoms with Crippen LogP contribution in [0.1, 0.15) is 20.8 Å². The highest BCUT2D eigenvalue weighted by Crippen LogP contribution is 2.17. The molecule has 4 heteroatoms. The van der Waals surface area contributed by atoms with Gasteiger partial charge in [0.15, 0.2) is 0 Å². The van der Waals surface area contributed by atoms with E-state index in [1.807, 2.05) is 0 Å². The highest BCUT2D eigenvalue weighted by molar-refractivity contribution is 4.87. The van der Waals surface area contributed by atoms with Crippen LogP contribution in [0.25, 0.3) is 0 Å². The van der Waals surface area contributed by atoms with Crippen molar-refractivity contribution in [2.24, 2.45) is 0 Å². The quantitative estimate of drug-likeness (QED) is 0.757. The monoisotopic (exact) mass is 241 g/mol. The van der Waals surface area contributed by atoms with Crippen LogP contribution >= 0.6 is 0 Å². The predicted molar refractivity (Wildman–Crippen MR) is 70.3 cm³/mol. The van der Waals surface area contributed by atoms with Crippen molar-refractivity contribution in [3.05, 3.63) is 0 Å². The molecule has 4 nitrogen and oxygen atoms in total. The Labute approximate surface area is 105 Å². The third kappa shape index (κ3) is 3.19. The van der Waals surface area contributed by atoms with Gasteiger partial charge in [-0.15, -0.1) is 0 Å². The van der Waals surface area contributed by atoms with Crippen LogP contribution in [-0.2, 0) is 4.74 Å². The average Bonchev–Trinajstić information content (AvgIpc) is 2.30. The molecule has 2 aliphatic heterocycles. The molecule has 2 unspecified atom stereocenters. The lowest BCUT2D eigenvalue weighted by Gasteiger charge is -2.45. The maximum absolute atomic E-state index is 5.98. The average molecular weight is 241 g/mol. The molecule has 2 aliphatic rings. The van der Waals surface area contributed by atoms with E-state index < -0.39 is 0 Å². The molecule has 0 amide bonds. The Kier molecular flexibility index (Phi) is 4.42. The van der Waals surface area contributed by atoms with E-state index >= 15 is 0 Å². The zero-order chi connectivity index (χ0) is 12.4. The Morgan fingerprint density at radius 1 is 1.12 bits per heavy atom. The third-order valence-corrected chi connectivity index (χ3v) is 4.38. The summed E-state index contributed by atoms with van der Waals surface area (Å²) in [6, 6.07) is 1.26. The Morgan fingerprint density at radius 2 is 1.88 bits per heavy atom. The molecule has 2 rings (SSSR count). The summed E-state index contributed by atoms with van der Waals surface area (Å²) in [4.78, 5) is 5.03. The fourth-order valence-corrected chi connectivity index (χ4v) is 2.87. The molecule has 100 valence electrons. The van der Waals surface area contributed by atoms with Crippen molar-refractivity contribution in [3.8, 4) is 0 Å². The van der Waals surface area contributed by atoms with Crippen LogP contribution in [0.3, 0.4) is 0 Å². The second-order valence-electron chi connectivity index (χ2n) is 5.68. The van der Waals surface area contributed by atoms with Gasteiger partial charge in [-0.05, 0) is 27.8 Å². The summed E-state index contributed by atoms with van der Waals surface area (Å²) < 4.78 is 5.98. The highest BCUT2D eigenvalue weighted by atomic mass is 16.5. The number of hydrogen-bond donors (Lipinski definition) is 1. The minimum atomic E-state index is 0.356. The van der Waals surface area contributed by atoms with Gasteiger partial charge in [0.25, 0.3) is 0 Å². The number of piperazine rings is 1. The van der Waals surface area contributed by atoms with Gasteiger partial charge < -0.3 is 15.0 Å². The van der Waals surface area contributed by atoms with Gasteiger partial charge in [0.05, 0.1) is 12.2 Å². The Morgan fingerprint density at radius 3 is 2.59 bits per heavy atom. The summed E-state index contributed by atoms with van der Waals surface area (Å²) in [5, 5.41) is 3.45. The molecule has 2 heterocycles. The SMILES string of the molecule is CC1C(C)N(C[C@@H]2CNC[C@@H](C)O2)CCN1C. The first kappa shape index (κ1) is 13.3. The van der Waals surface area contributed by atoms with E-state index in [0.717, 1.165) is 26.2 Å². The van der Waals surface area contributed by atoms with E-state index in [0.29, 0.717) is 24.3 Å². The number of rotatable bonds is 2. The molecule has 2 saturated heterocycles. The van der Waals surface area contributed by atoms with Gasteiger partial charge in [0, 0.05) is 44.8 Å². The van der Waals surface area contributed by atoms with Crippen molar-refractivity contribution >= 4 is 0 Å². The third-order valence-electron chi connectivity index (χ3n) is 4.38. The van der Waals surface area contributed by atoms with Crippen molar-refractivity contribution in [2.45, 2.75) is 45.1 Å². The molecule has 0 spiro atoms. The lowest BCUT2D eigenvalue weighted by atomic mass is 10.0. The molecule has 0 bridgehead atoms. The lowest BCUT2D eigenvalue weighted by Crippen LogP contribution is -2.59. The summed E-state index contributed by atoms with van der Waals surface area (Å²) in [5.74, 6) is 0. The van der Waals surface area contributed by atoms with Crippen LogP contribution in [0.15, 0.2) is 0 Å². The van der Waals surface area contributed by atoms with Crippen LogP contribution in [-0.4, -0.2) is 73.9 Å². The van der Waals surface area contributed by atoms with Crippen molar-refractivity contribution < 1.29 is 4.74 Å². The van der Waals surface area contributed by atoms with E-state index in [2.05, 4.69) is 42.9 Å². The predicted octanol–water partition coefficient (Wildman–Crippen LogP) is 0.388. The molecular weight excluding hydrogens is 214 g/mol. The Hall–Kier alpha value is -0.160. The molecule has 1 N–H and O–H groups in total. The zero-order valence-corrected chi connectivity index (χ0v) is 11.6. The van der Waals surface area contributed by atoms with Crippen molar-refractivity contribution in [1.82, 2.24) is 15.1 Å². The summed E-state index contributed by atoms with van der Waals surface area (Å²) >= 11 is 0. The molecular formula is C13H27N3O. The van der Waals surface area contributed by atoms with Crippen LogP contribution in [0.5, 0.6) is 0 Å². The first-order valence-electron chi connectivity index (χ1n) is 6.88. The van der Waals surface area contributed by atoms with Gasteiger partial charge in [-0.1, -0.05) is 0 Å². The largest absolute Gasteiger partial charge is 0.371 e. The van der Waals surface area contributed by atoms with E-state index in [4.69, 9.17) is 4.74 Å². The topological polar surface area (TPSA) is 27.7 Å². The number of nitrogens with zero attached hydrogens (tertiary/aromatic N) is 2. The first-order chi connectivity index (χ1) is 8.08. The number of hydrogen-bond acceptors (Lipinski definition) is 4. The van der Waals surface area contributed by atoms with Crippen molar-refractivity contribution in [2.75, 3.05) is 39.8 Å². The number of nitrogens with one attached hydrogen (secondary N) is 1. The molecule has 0 aromatic carbocycles. The second-order valence-corrected chi connectivity index (χ2v) is 5.68. The summed E-state index contributed by atoms with van der Waals surface area (Å²) in [5.41, 5.74) is 0.